The van der Waals surface area contributed by atoms with Gasteiger partial charge in [-0.25, -0.2) is 0 Å². The fraction of sp³-hybridized carbons (Fsp3) is 0.143. The first-order valence-electron chi connectivity index (χ1n) is 11.0. The molecule has 0 aromatic heterocycles. The zero-order valence-electron chi connectivity index (χ0n) is 17.5. The molecule has 1 aliphatic carbocycles. The summed E-state index contributed by atoms with van der Waals surface area (Å²) in [4.78, 5) is 6.43. The number of hydrogen-bond donors (Lipinski definition) is 0. The van der Waals surface area contributed by atoms with E-state index in [2.05, 4.69) is 115 Å². The van der Waals surface area contributed by atoms with Crippen LogP contribution in [0.4, 0.5) is 0 Å². The number of rotatable bonds is 6. The van der Waals surface area contributed by atoms with E-state index in [0.29, 0.717) is 0 Å². The summed E-state index contributed by atoms with van der Waals surface area (Å²) in [6.45, 7) is 0. The summed E-state index contributed by atoms with van der Waals surface area (Å²) in [5.41, 5.74) is 2.64. The van der Waals surface area contributed by atoms with Crippen LogP contribution in [0.3, 0.4) is 0 Å². The standard InChI is InChI=1S/C10H12O2.3C6H5.Sn/c11-12-10-7-3-5-8-4-1-2-6-9(8)10;3*1-2-4-6-5-3-1;/h1-2,4,6,10-11H,3,5,7H2;3*1-5H;/q;;;;+1/p-1. The molecule has 0 heterocycles. The topological polar surface area (TPSA) is 18.5 Å². The van der Waals surface area contributed by atoms with Crippen molar-refractivity contribution < 1.29 is 8.11 Å². The van der Waals surface area contributed by atoms with Gasteiger partial charge >= 0.3 is 189 Å². The van der Waals surface area contributed by atoms with Crippen molar-refractivity contribution in [1.29, 1.82) is 0 Å². The first kappa shape index (κ1) is 20.5. The Morgan fingerprint density at radius 1 is 0.581 bits per heavy atom. The normalized spacial score (nSPS) is 15.9. The summed E-state index contributed by atoms with van der Waals surface area (Å²) in [6.07, 6.45) is 3.19. The average Bonchev–Trinajstić information content (AvgIpc) is 2.86. The molecule has 0 radical (unpaired) electrons. The van der Waals surface area contributed by atoms with Crippen molar-refractivity contribution in [2.24, 2.45) is 0 Å². The molecule has 4 aromatic carbocycles. The number of benzene rings is 4. The predicted octanol–water partition coefficient (Wildman–Crippen LogP) is 4.68. The molecule has 1 unspecified atom stereocenters. The van der Waals surface area contributed by atoms with Gasteiger partial charge in [0.1, 0.15) is 0 Å². The van der Waals surface area contributed by atoms with E-state index in [1.807, 2.05) is 0 Å². The second-order valence-corrected chi connectivity index (χ2v) is 17.3. The third-order valence-corrected chi connectivity index (χ3v) is 16.9. The first-order chi connectivity index (χ1) is 15.4. The molecule has 5 rings (SSSR count). The SMILES string of the molecule is c1cc[c]([Sn]([O]OC2CCCc3ccccc32)([c]2ccccc2)[c]2ccccc2)cc1. The molecule has 0 bridgehead atoms. The van der Waals surface area contributed by atoms with E-state index in [0.717, 1.165) is 19.3 Å². The Morgan fingerprint density at radius 3 is 1.61 bits per heavy atom. The van der Waals surface area contributed by atoms with Crippen molar-refractivity contribution in [2.45, 2.75) is 25.4 Å². The maximum absolute atomic E-state index is 6.79. The van der Waals surface area contributed by atoms with Crippen LogP contribution in [0.15, 0.2) is 115 Å². The van der Waals surface area contributed by atoms with Gasteiger partial charge in [-0.15, -0.1) is 0 Å². The second kappa shape index (κ2) is 9.39. The molecule has 0 saturated heterocycles. The van der Waals surface area contributed by atoms with Crippen LogP contribution in [-0.2, 0) is 14.5 Å². The van der Waals surface area contributed by atoms with Gasteiger partial charge in [-0.05, 0) is 0 Å². The van der Waals surface area contributed by atoms with Crippen molar-refractivity contribution in [3.05, 3.63) is 126 Å². The molecule has 1 atom stereocenters. The summed E-state index contributed by atoms with van der Waals surface area (Å²) in [6, 6.07) is 40.6. The number of hydrogen-bond acceptors (Lipinski definition) is 2. The van der Waals surface area contributed by atoms with E-state index in [9.17, 15) is 0 Å². The van der Waals surface area contributed by atoms with Crippen LogP contribution >= 0.6 is 0 Å². The summed E-state index contributed by atoms with van der Waals surface area (Å²) in [5.74, 6) is 0. The Kier molecular flexibility index (Phi) is 6.21. The zero-order chi connectivity index (χ0) is 20.9. The molecule has 0 amide bonds. The monoisotopic (exact) mass is 514 g/mol. The Balaban J connectivity index is 1.61. The second-order valence-electron chi connectivity index (χ2n) is 8.04. The molecular weight excluding hydrogens is 487 g/mol. The van der Waals surface area contributed by atoms with Gasteiger partial charge in [0.25, 0.3) is 0 Å². The molecule has 0 saturated carbocycles. The number of aryl methyl sites for hydroxylation is 1. The quantitative estimate of drug-likeness (QED) is 0.212. The molecule has 31 heavy (non-hydrogen) atoms. The van der Waals surface area contributed by atoms with Gasteiger partial charge in [0.15, 0.2) is 0 Å². The van der Waals surface area contributed by atoms with E-state index in [-0.39, 0.29) is 6.10 Å². The molecule has 0 N–H and O–H groups in total. The Labute approximate surface area is 188 Å². The van der Waals surface area contributed by atoms with Crippen molar-refractivity contribution in [3.8, 4) is 0 Å². The molecule has 0 aliphatic heterocycles. The van der Waals surface area contributed by atoms with Gasteiger partial charge in [-0.3, -0.25) is 0 Å². The third kappa shape index (κ3) is 4.08. The molecular formula is C28H26O2Sn. The fourth-order valence-electron chi connectivity index (χ4n) is 4.60. The average molecular weight is 513 g/mol. The zero-order valence-corrected chi connectivity index (χ0v) is 20.3. The van der Waals surface area contributed by atoms with Crippen molar-refractivity contribution in [2.75, 3.05) is 0 Å². The Hall–Kier alpha value is -2.40. The molecule has 154 valence electrons. The van der Waals surface area contributed by atoms with Gasteiger partial charge in [0, 0.05) is 0 Å². The molecule has 1 aliphatic rings. The van der Waals surface area contributed by atoms with Crippen molar-refractivity contribution in [3.63, 3.8) is 0 Å². The molecule has 3 heteroatoms. The molecule has 2 nitrogen and oxygen atoms in total. The number of fused-ring (bicyclic) bond motifs is 1. The summed E-state index contributed by atoms with van der Waals surface area (Å²) >= 11 is -3.87. The van der Waals surface area contributed by atoms with Gasteiger partial charge in [-0.2, -0.15) is 0 Å². The van der Waals surface area contributed by atoms with E-state index in [4.69, 9.17) is 8.11 Å². The maximum atomic E-state index is 6.79. The van der Waals surface area contributed by atoms with E-state index in [1.165, 1.54) is 21.9 Å². The van der Waals surface area contributed by atoms with Crippen molar-refractivity contribution in [1.82, 2.24) is 0 Å². The van der Waals surface area contributed by atoms with E-state index >= 15 is 0 Å². The first-order valence-corrected chi connectivity index (χ1v) is 16.4. The molecule has 0 fully saturated rings. The fourth-order valence-corrected chi connectivity index (χ4v) is 14.7. The Morgan fingerprint density at radius 2 is 1.06 bits per heavy atom. The molecule has 4 aromatic rings. The molecule has 0 spiro atoms. The van der Waals surface area contributed by atoms with Crippen LogP contribution in [0.25, 0.3) is 0 Å². The minimum atomic E-state index is -3.87. The van der Waals surface area contributed by atoms with Gasteiger partial charge in [0.05, 0.1) is 0 Å². The van der Waals surface area contributed by atoms with E-state index in [1.54, 1.807) is 0 Å². The summed E-state index contributed by atoms with van der Waals surface area (Å²) in [5, 5.41) is 0. The van der Waals surface area contributed by atoms with E-state index < -0.39 is 18.8 Å². The summed E-state index contributed by atoms with van der Waals surface area (Å²) < 4.78 is 10.5. The van der Waals surface area contributed by atoms with Crippen LogP contribution in [0, 0.1) is 0 Å². The van der Waals surface area contributed by atoms with Crippen LogP contribution in [0.2, 0.25) is 0 Å². The minimum absolute atomic E-state index is 0.0304. The predicted molar refractivity (Wildman–Crippen MR) is 128 cm³/mol. The van der Waals surface area contributed by atoms with Crippen LogP contribution in [0.1, 0.15) is 30.1 Å². The van der Waals surface area contributed by atoms with Gasteiger partial charge < -0.3 is 0 Å². The third-order valence-electron chi connectivity index (χ3n) is 6.14. The van der Waals surface area contributed by atoms with Gasteiger partial charge in [-0.1, -0.05) is 0 Å². The summed E-state index contributed by atoms with van der Waals surface area (Å²) in [7, 11) is 0. The van der Waals surface area contributed by atoms with Gasteiger partial charge in [0.2, 0.25) is 0 Å². The van der Waals surface area contributed by atoms with Crippen LogP contribution < -0.4 is 10.7 Å². The Bertz CT molecular complexity index is 1020. The van der Waals surface area contributed by atoms with Crippen LogP contribution in [0.5, 0.6) is 0 Å². The van der Waals surface area contributed by atoms with Crippen LogP contribution in [-0.4, -0.2) is 18.8 Å². The van der Waals surface area contributed by atoms with Crippen molar-refractivity contribution >= 4 is 29.5 Å².